The Hall–Kier alpha value is -3.95. The summed E-state index contributed by atoms with van der Waals surface area (Å²) in [6.45, 7) is 3.42. The lowest BCUT2D eigenvalue weighted by atomic mass is 10.0. The molecule has 3 aromatic carbocycles. The first-order valence-corrected chi connectivity index (χ1v) is 11.4. The van der Waals surface area contributed by atoms with Crippen molar-refractivity contribution in [2.24, 2.45) is 0 Å². The summed E-state index contributed by atoms with van der Waals surface area (Å²) < 4.78 is 72.6. The van der Waals surface area contributed by atoms with Crippen LogP contribution >= 0.6 is 0 Å². The van der Waals surface area contributed by atoms with Gasteiger partial charge in [-0.15, -0.1) is 0 Å². The first-order valence-electron chi connectivity index (χ1n) is 11.4. The van der Waals surface area contributed by atoms with Gasteiger partial charge in [0.25, 0.3) is 5.91 Å². The van der Waals surface area contributed by atoms with Crippen LogP contribution in [0.1, 0.15) is 58.9 Å². The molecule has 0 aromatic heterocycles. The van der Waals surface area contributed by atoms with Crippen LogP contribution in [0.3, 0.4) is 0 Å². The molecule has 0 radical (unpaired) electrons. The molecule has 0 aliphatic rings. The molecule has 3 aromatic rings. The number of aryl methyl sites for hydroxylation is 2. The van der Waals surface area contributed by atoms with Crippen LogP contribution < -0.4 is 10.1 Å². The lowest BCUT2D eigenvalue weighted by Crippen LogP contribution is -2.27. The molecule has 0 heterocycles. The summed E-state index contributed by atoms with van der Waals surface area (Å²) in [7, 11) is 0. The van der Waals surface area contributed by atoms with Crippen molar-refractivity contribution < 1.29 is 41.4 Å². The Balaban J connectivity index is 1.76. The predicted molar refractivity (Wildman–Crippen MR) is 126 cm³/mol. The molecule has 0 fully saturated rings. The number of carboxylic acids is 1. The highest BCUT2D eigenvalue weighted by atomic mass is 19.4. The van der Waals surface area contributed by atoms with E-state index >= 15 is 0 Å². The topological polar surface area (TPSA) is 75.6 Å². The zero-order chi connectivity index (χ0) is 27.3. The van der Waals surface area contributed by atoms with Gasteiger partial charge in [-0.2, -0.15) is 13.2 Å². The van der Waals surface area contributed by atoms with Crippen LogP contribution in [-0.2, 0) is 23.8 Å². The van der Waals surface area contributed by atoms with Crippen LogP contribution in [0.5, 0.6) is 11.5 Å². The molecule has 0 bridgehead atoms. The number of carbonyl (C=O) groups excluding carboxylic acids is 1. The summed E-state index contributed by atoms with van der Waals surface area (Å²) in [5, 5.41) is 11.4. The number of halogens is 5. The van der Waals surface area contributed by atoms with E-state index in [1.54, 1.807) is 18.2 Å². The number of aliphatic carboxylic acids is 1. The molecule has 196 valence electrons. The molecule has 1 amide bonds. The van der Waals surface area contributed by atoms with Crippen LogP contribution in [0.4, 0.5) is 22.0 Å². The number of rotatable bonds is 9. The van der Waals surface area contributed by atoms with E-state index in [0.29, 0.717) is 24.7 Å². The maximum Gasteiger partial charge on any atom is 0.416 e. The second-order valence-electron chi connectivity index (χ2n) is 8.39. The molecule has 2 N–H and O–H groups in total. The number of alkyl halides is 3. The van der Waals surface area contributed by atoms with E-state index in [4.69, 9.17) is 9.84 Å². The van der Waals surface area contributed by atoms with Gasteiger partial charge in [0.05, 0.1) is 17.2 Å². The fourth-order valence-corrected chi connectivity index (χ4v) is 3.74. The lowest BCUT2D eigenvalue weighted by Gasteiger charge is -2.17. The lowest BCUT2D eigenvalue weighted by molar-refractivity contribution is -0.138. The number of ether oxygens (including phenoxy) is 1. The highest BCUT2D eigenvalue weighted by Crippen LogP contribution is 2.31. The maximum absolute atomic E-state index is 14.3. The van der Waals surface area contributed by atoms with Crippen molar-refractivity contribution in [2.45, 2.75) is 45.3 Å². The van der Waals surface area contributed by atoms with Crippen LogP contribution in [0, 0.1) is 11.6 Å². The van der Waals surface area contributed by atoms with Crippen LogP contribution in [0.15, 0.2) is 54.6 Å². The maximum atomic E-state index is 14.3. The van der Waals surface area contributed by atoms with Gasteiger partial charge in [-0.3, -0.25) is 9.59 Å². The second kappa shape index (κ2) is 11.4. The molecule has 0 aliphatic heterocycles. The quantitative estimate of drug-likeness (QED) is 0.302. The third-order valence-electron chi connectivity index (χ3n) is 5.68. The summed E-state index contributed by atoms with van der Waals surface area (Å²) in [5.41, 5.74) is 0.230. The molecule has 1 atom stereocenters. The molecule has 0 spiro atoms. The minimum absolute atomic E-state index is 0.0135. The van der Waals surface area contributed by atoms with Crippen molar-refractivity contribution in [2.75, 3.05) is 0 Å². The van der Waals surface area contributed by atoms with Crippen molar-refractivity contribution in [1.82, 2.24) is 5.32 Å². The molecule has 0 saturated heterocycles. The molecular formula is C27H24F5NO4. The second-order valence-corrected chi connectivity index (χ2v) is 8.39. The zero-order valence-corrected chi connectivity index (χ0v) is 20.0. The van der Waals surface area contributed by atoms with Gasteiger partial charge in [-0.05, 0) is 78.9 Å². The number of hydrogen-bond acceptors (Lipinski definition) is 3. The van der Waals surface area contributed by atoms with Crippen LogP contribution in [0.25, 0.3) is 0 Å². The zero-order valence-electron chi connectivity index (χ0n) is 20.0. The van der Waals surface area contributed by atoms with Crippen molar-refractivity contribution >= 4 is 11.9 Å². The van der Waals surface area contributed by atoms with E-state index in [1.807, 2.05) is 6.92 Å². The van der Waals surface area contributed by atoms with Gasteiger partial charge in [0.1, 0.15) is 23.1 Å². The molecule has 1 unspecified atom stereocenters. The van der Waals surface area contributed by atoms with Gasteiger partial charge < -0.3 is 15.2 Å². The standard InChI is InChI=1S/C27H24F5NO4/c1-3-16-11-21(7-4-17(16)5-9-25(34)35)37-22-12-18(10-20(28)14-22)15(2)33-26(36)23-8-6-19(13-24(23)29)27(30,31)32/h4,6-8,10-15H,3,5,9H2,1-2H3,(H,33,36)(H,34,35). The van der Waals surface area contributed by atoms with E-state index in [2.05, 4.69) is 5.32 Å². The number of hydrogen-bond donors (Lipinski definition) is 2. The number of carboxylic acid groups (broad SMARTS) is 1. The number of carbonyl (C=O) groups is 2. The Labute approximate surface area is 209 Å². The van der Waals surface area contributed by atoms with Crippen molar-refractivity contribution in [3.05, 3.63) is 94.0 Å². The van der Waals surface area contributed by atoms with Gasteiger partial charge >= 0.3 is 12.1 Å². The Bertz CT molecular complexity index is 1310. The third kappa shape index (κ3) is 7.28. The Kier molecular flexibility index (Phi) is 8.52. The Morgan fingerprint density at radius 2 is 1.70 bits per heavy atom. The summed E-state index contributed by atoms with van der Waals surface area (Å²) in [5.74, 6) is -3.34. The molecule has 10 heteroatoms. The number of benzene rings is 3. The molecule has 0 saturated carbocycles. The number of nitrogens with one attached hydrogen (secondary N) is 1. The van der Waals surface area contributed by atoms with Crippen LogP contribution in [0.2, 0.25) is 0 Å². The average Bonchev–Trinajstić information content (AvgIpc) is 2.81. The summed E-state index contributed by atoms with van der Waals surface area (Å²) in [6.07, 6.45) is -3.78. The van der Waals surface area contributed by atoms with Crippen LogP contribution in [-0.4, -0.2) is 17.0 Å². The van der Waals surface area contributed by atoms with Gasteiger partial charge in [0, 0.05) is 12.5 Å². The van der Waals surface area contributed by atoms with E-state index in [1.165, 1.54) is 13.0 Å². The largest absolute Gasteiger partial charge is 0.481 e. The highest BCUT2D eigenvalue weighted by Gasteiger charge is 2.31. The van der Waals surface area contributed by atoms with Gasteiger partial charge in [-0.25, -0.2) is 8.78 Å². The predicted octanol–water partition coefficient (Wildman–Crippen LogP) is 6.85. The van der Waals surface area contributed by atoms with E-state index < -0.39 is 46.9 Å². The SMILES string of the molecule is CCc1cc(Oc2cc(F)cc(C(C)NC(=O)c3ccc(C(F)(F)F)cc3F)c2)ccc1CCC(=O)O. The Morgan fingerprint density at radius 3 is 2.32 bits per heavy atom. The third-order valence-corrected chi connectivity index (χ3v) is 5.68. The van der Waals surface area contributed by atoms with E-state index in [9.17, 15) is 31.5 Å². The monoisotopic (exact) mass is 521 g/mol. The molecular weight excluding hydrogens is 497 g/mol. The van der Waals surface area contributed by atoms with Gasteiger partial charge in [0.15, 0.2) is 0 Å². The molecule has 37 heavy (non-hydrogen) atoms. The van der Waals surface area contributed by atoms with Crippen molar-refractivity contribution in [3.8, 4) is 11.5 Å². The summed E-state index contributed by atoms with van der Waals surface area (Å²) in [6, 6.07) is 9.63. The first-order chi connectivity index (χ1) is 17.4. The Morgan fingerprint density at radius 1 is 0.973 bits per heavy atom. The fourth-order valence-electron chi connectivity index (χ4n) is 3.74. The molecule has 3 rings (SSSR count). The fraction of sp³-hybridized carbons (Fsp3) is 0.259. The molecule has 5 nitrogen and oxygen atoms in total. The highest BCUT2D eigenvalue weighted by molar-refractivity contribution is 5.94. The normalized spacial score (nSPS) is 12.2. The summed E-state index contributed by atoms with van der Waals surface area (Å²) >= 11 is 0. The number of amides is 1. The molecule has 0 aliphatic carbocycles. The summed E-state index contributed by atoms with van der Waals surface area (Å²) in [4.78, 5) is 23.3. The van der Waals surface area contributed by atoms with E-state index in [-0.39, 0.29) is 23.8 Å². The van der Waals surface area contributed by atoms with Crippen molar-refractivity contribution in [3.63, 3.8) is 0 Å². The van der Waals surface area contributed by atoms with Gasteiger partial charge in [-0.1, -0.05) is 13.0 Å². The average molecular weight is 521 g/mol. The smallest absolute Gasteiger partial charge is 0.416 e. The van der Waals surface area contributed by atoms with E-state index in [0.717, 1.165) is 29.3 Å². The van der Waals surface area contributed by atoms with Gasteiger partial charge in [0.2, 0.25) is 0 Å². The first kappa shape index (κ1) is 27.6. The minimum atomic E-state index is -4.75. The minimum Gasteiger partial charge on any atom is -0.481 e. The van der Waals surface area contributed by atoms with Crippen molar-refractivity contribution in [1.29, 1.82) is 0 Å².